The summed E-state index contributed by atoms with van der Waals surface area (Å²) in [6.07, 6.45) is 6.94. The van der Waals surface area contributed by atoms with Crippen molar-refractivity contribution in [2.75, 3.05) is 11.9 Å². The molecule has 1 aliphatic rings. The summed E-state index contributed by atoms with van der Waals surface area (Å²) >= 11 is 0. The van der Waals surface area contributed by atoms with Gasteiger partial charge in [0.25, 0.3) is 0 Å². The fourth-order valence-corrected chi connectivity index (χ4v) is 2.51. The third kappa shape index (κ3) is 4.06. The summed E-state index contributed by atoms with van der Waals surface area (Å²) in [6.45, 7) is 5.19. The Kier molecular flexibility index (Phi) is 4.96. The number of nitrogens with one attached hydrogen (secondary N) is 2. The third-order valence-corrected chi connectivity index (χ3v) is 3.56. The lowest BCUT2D eigenvalue weighted by Crippen LogP contribution is -2.34. The van der Waals surface area contributed by atoms with Crippen LogP contribution in [0.4, 0.5) is 5.82 Å². The van der Waals surface area contributed by atoms with Crippen molar-refractivity contribution in [3.8, 4) is 0 Å². The van der Waals surface area contributed by atoms with Crippen LogP contribution in [0.1, 0.15) is 52.0 Å². The first-order valence-electron chi connectivity index (χ1n) is 7.23. The average molecular weight is 264 g/mol. The van der Waals surface area contributed by atoms with Crippen LogP contribution in [-0.4, -0.2) is 28.3 Å². The fraction of sp³-hybridized carbons (Fsp3) is 0.714. The number of carbonyl (C=O) groups is 1. The molecule has 19 heavy (non-hydrogen) atoms. The molecule has 1 aromatic rings. The van der Waals surface area contributed by atoms with E-state index < -0.39 is 0 Å². The van der Waals surface area contributed by atoms with Crippen LogP contribution in [0.5, 0.6) is 0 Å². The first-order valence-corrected chi connectivity index (χ1v) is 7.23. The minimum Gasteiger partial charge on any atom is -0.314 e. The van der Waals surface area contributed by atoms with Crippen LogP contribution in [0.15, 0.2) is 12.3 Å². The van der Waals surface area contributed by atoms with E-state index in [-0.39, 0.29) is 11.9 Å². The molecule has 0 aliphatic carbocycles. The maximum atomic E-state index is 11.9. The molecule has 2 heterocycles. The second-order valence-corrected chi connectivity index (χ2v) is 5.49. The summed E-state index contributed by atoms with van der Waals surface area (Å²) in [4.78, 5) is 11.9. The lowest BCUT2D eigenvalue weighted by molar-refractivity contribution is -0.116. The molecular formula is C14H24N4O. The minimum absolute atomic E-state index is 0.0785. The zero-order chi connectivity index (χ0) is 13.7. The standard InChI is InChI=1S/C14H24N4O/c1-11(2)18-13(8-10-16-18)17-14(19)7-6-12-5-3-4-9-15-12/h8,10-12,15H,3-7,9H2,1-2H3,(H,17,19). The number of hydrogen-bond donors (Lipinski definition) is 2. The number of hydrogen-bond acceptors (Lipinski definition) is 3. The van der Waals surface area contributed by atoms with Crippen molar-refractivity contribution < 1.29 is 4.79 Å². The first kappa shape index (κ1) is 14.1. The molecule has 1 unspecified atom stereocenters. The summed E-state index contributed by atoms with van der Waals surface area (Å²) in [5, 5.41) is 10.6. The maximum Gasteiger partial charge on any atom is 0.225 e. The molecule has 5 heteroatoms. The second kappa shape index (κ2) is 6.70. The van der Waals surface area contributed by atoms with Gasteiger partial charge in [-0.3, -0.25) is 4.79 Å². The summed E-state index contributed by atoms with van der Waals surface area (Å²) in [5.74, 6) is 0.867. The first-order chi connectivity index (χ1) is 9.16. The number of rotatable bonds is 5. The highest BCUT2D eigenvalue weighted by Crippen LogP contribution is 2.15. The number of carbonyl (C=O) groups excluding carboxylic acids is 1. The van der Waals surface area contributed by atoms with Crippen LogP contribution >= 0.6 is 0 Å². The van der Waals surface area contributed by atoms with Crippen LogP contribution in [0.3, 0.4) is 0 Å². The predicted molar refractivity (Wildman–Crippen MR) is 76.1 cm³/mol. The highest BCUT2D eigenvalue weighted by molar-refractivity contribution is 5.89. The lowest BCUT2D eigenvalue weighted by atomic mass is 10.0. The Labute approximate surface area is 114 Å². The number of piperidine rings is 1. The van der Waals surface area contributed by atoms with E-state index in [9.17, 15) is 4.79 Å². The van der Waals surface area contributed by atoms with Gasteiger partial charge in [-0.15, -0.1) is 0 Å². The molecule has 0 aromatic carbocycles. The molecule has 0 saturated carbocycles. The van der Waals surface area contributed by atoms with Crippen molar-refractivity contribution in [3.05, 3.63) is 12.3 Å². The Hall–Kier alpha value is -1.36. The molecular weight excluding hydrogens is 240 g/mol. The Bertz CT molecular complexity index is 407. The van der Waals surface area contributed by atoms with Gasteiger partial charge in [0.05, 0.1) is 6.20 Å². The molecule has 0 spiro atoms. The van der Waals surface area contributed by atoms with Crippen LogP contribution in [0.2, 0.25) is 0 Å². The number of anilines is 1. The van der Waals surface area contributed by atoms with Gasteiger partial charge in [-0.25, -0.2) is 4.68 Å². The van der Waals surface area contributed by atoms with Crippen LogP contribution < -0.4 is 10.6 Å². The SMILES string of the molecule is CC(C)n1nccc1NC(=O)CCC1CCCCN1. The summed E-state index contributed by atoms with van der Waals surface area (Å²) in [7, 11) is 0. The van der Waals surface area contributed by atoms with Gasteiger partial charge in [0.1, 0.15) is 5.82 Å². The summed E-state index contributed by atoms with van der Waals surface area (Å²) in [6, 6.07) is 2.61. The molecule has 1 aliphatic heterocycles. The van der Waals surface area contributed by atoms with Gasteiger partial charge in [-0.2, -0.15) is 5.10 Å². The van der Waals surface area contributed by atoms with E-state index in [4.69, 9.17) is 0 Å². The molecule has 0 bridgehead atoms. The monoisotopic (exact) mass is 264 g/mol. The number of nitrogens with zero attached hydrogens (tertiary/aromatic N) is 2. The van der Waals surface area contributed by atoms with Gasteiger partial charge in [-0.1, -0.05) is 6.42 Å². The van der Waals surface area contributed by atoms with Gasteiger partial charge in [-0.05, 0) is 39.7 Å². The molecule has 0 radical (unpaired) electrons. The second-order valence-electron chi connectivity index (χ2n) is 5.49. The van der Waals surface area contributed by atoms with Crippen LogP contribution in [0, 0.1) is 0 Å². The maximum absolute atomic E-state index is 11.9. The molecule has 1 fully saturated rings. The Balaban J connectivity index is 1.78. The van der Waals surface area contributed by atoms with Gasteiger partial charge in [0.2, 0.25) is 5.91 Å². The van der Waals surface area contributed by atoms with Crippen molar-refractivity contribution in [2.45, 2.75) is 58.0 Å². The quantitative estimate of drug-likeness (QED) is 0.858. The normalized spacial score (nSPS) is 19.6. The smallest absolute Gasteiger partial charge is 0.225 e. The lowest BCUT2D eigenvalue weighted by Gasteiger charge is -2.23. The molecule has 5 nitrogen and oxygen atoms in total. The average Bonchev–Trinajstić information content (AvgIpc) is 2.86. The van der Waals surface area contributed by atoms with E-state index in [1.165, 1.54) is 19.3 Å². The minimum atomic E-state index is 0.0785. The molecule has 2 N–H and O–H groups in total. The molecule has 2 rings (SSSR count). The predicted octanol–water partition coefficient (Wildman–Crippen LogP) is 2.32. The summed E-state index contributed by atoms with van der Waals surface area (Å²) in [5.41, 5.74) is 0. The highest BCUT2D eigenvalue weighted by atomic mass is 16.1. The topological polar surface area (TPSA) is 59.0 Å². The van der Waals surface area contributed by atoms with E-state index >= 15 is 0 Å². The van der Waals surface area contributed by atoms with Crippen molar-refractivity contribution in [3.63, 3.8) is 0 Å². The Morgan fingerprint density at radius 1 is 1.58 bits per heavy atom. The highest BCUT2D eigenvalue weighted by Gasteiger charge is 2.15. The Morgan fingerprint density at radius 3 is 3.11 bits per heavy atom. The van der Waals surface area contributed by atoms with Gasteiger partial charge in [0.15, 0.2) is 0 Å². The van der Waals surface area contributed by atoms with E-state index in [1.807, 2.05) is 10.7 Å². The Morgan fingerprint density at radius 2 is 2.42 bits per heavy atom. The number of amides is 1. The van der Waals surface area contributed by atoms with Gasteiger partial charge in [0, 0.05) is 24.6 Å². The molecule has 1 atom stereocenters. The summed E-state index contributed by atoms with van der Waals surface area (Å²) < 4.78 is 1.83. The molecule has 106 valence electrons. The van der Waals surface area contributed by atoms with Crippen molar-refractivity contribution in [1.82, 2.24) is 15.1 Å². The van der Waals surface area contributed by atoms with E-state index in [1.54, 1.807) is 6.20 Å². The molecule has 1 amide bonds. The van der Waals surface area contributed by atoms with Gasteiger partial charge >= 0.3 is 0 Å². The van der Waals surface area contributed by atoms with Crippen LogP contribution in [-0.2, 0) is 4.79 Å². The van der Waals surface area contributed by atoms with E-state index in [0.29, 0.717) is 12.5 Å². The third-order valence-electron chi connectivity index (χ3n) is 3.56. The fourth-order valence-electron chi connectivity index (χ4n) is 2.51. The zero-order valence-electron chi connectivity index (χ0n) is 11.9. The van der Waals surface area contributed by atoms with Crippen LogP contribution in [0.25, 0.3) is 0 Å². The molecule has 1 saturated heterocycles. The number of aromatic nitrogens is 2. The van der Waals surface area contributed by atoms with Gasteiger partial charge < -0.3 is 10.6 Å². The van der Waals surface area contributed by atoms with E-state index in [2.05, 4.69) is 29.6 Å². The largest absolute Gasteiger partial charge is 0.314 e. The molecule has 1 aromatic heterocycles. The van der Waals surface area contributed by atoms with Crippen molar-refractivity contribution in [2.24, 2.45) is 0 Å². The van der Waals surface area contributed by atoms with E-state index in [0.717, 1.165) is 18.8 Å². The van der Waals surface area contributed by atoms with Crippen molar-refractivity contribution in [1.29, 1.82) is 0 Å². The zero-order valence-corrected chi connectivity index (χ0v) is 11.9. The van der Waals surface area contributed by atoms with Crippen molar-refractivity contribution >= 4 is 11.7 Å².